The third-order valence-electron chi connectivity index (χ3n) is 0.218. The molecule has 0 spiro atoms. The summed E-state index contributed by atoms with van der Waals surface area (Å²) in [7, 11) is 0. The average Bonchev–Trinajstić information content (AvgIpc) is 1.35. The molecular weight excluding hydrogens is 84.0 g/mol. The lowest BCUT2D eigenvalue weighted by Gasteiger charge is -1.96. The van der Waals surface area contributed by atoms with Crippen molar-refractivity contribution >= 4 is 0 Å². The third-order valence-corrected chi connectivity index (χ3v) is 0.218. The predicted molar refractivity (Wildman–Crippen MR) is 19.5 cm³/mol. The predicted octanol–water partition coefficient (Wildman–Crippen LogP) is -0.585. The fourth-order valence-electron chi connectivity index (χ4n) is 0.0861. The van der Waals surface area contributed by atoms with Gasteiger partial charge in [-0.2, -0.15) is 0 Å². The highest BCUT2D eigenvalue weighted by Crippen LogP contribution is 1.75. The van der Waals surface area contributed by atoms with Gasteiger partial charge >= 0.3 is 6.48 Å². The number of aliphatic hydroxyl groups excluding tert-OH is 1. The van der Waals surface area contributed by atoms with Crippen LogP contribution in [0.4, 0.5) is 0 Å². The monoisotopic (exact) mass is 90.0 g/mol. The van der Waals surface area contributed by atoms with E-state index in [1.807, 2.05) is 0 Å². The van der Waals surface area contributed by atoms with Crippen LogP contribution in [-0.2, 0) is 4.74 Å². The van der Waals surface area contributed by atoms with E-state index in [9.17, 15) is 0 Å². The topological polar surface area (TPSA) is 49.7 Å². The van der Waals surface area contributed by atoms with E-state index in [0.29, 0.717) is 0 Å². The Morgan fingerprint density at radius 2 is 2.17 bits per heavy atom. The standard InChI is InChI=1S/C3H6O3/c1-2-6-3(4)5/h2-5H,1H2. The number of rotatable bonds is 2. The van der Waals surface area contributed by atoms with Crippen LogP contribution in [0.15, 0.2) is 12.8 Å². The molecular formula is C3H6O3. The highest BCUT2D eigenvalue weighted by Gasteiger charge is 1.84. The van der Waals surface area contributed by atoms with Gasteiger partial charge in [-0.15, -0.1) is 0 Å². The highest BCUT2D eigenvalue weighted by atomic mass is 16.7. The van der Waals surface area contributed by atoms with Gasteiger partial charge in [-0.3, -0.25) is 0 Å². The first-order valence-corrected chi connectivity index (χ1v) is 1.40. The van der Waals surface area contributed by atoms with Gasteiger partial charge in [-0.05, 0) is 0 Å². The van der Waals surface area contributed by atoms with Gasteiger partial charge in [0, 0.05) is 0 Å². The van der Waals surface area contributed by atoms with Crippen molar-refractivity contribution in [1.29, 1.82) is 0 Å². The van der Waals surface area contributed by atoms with E-state index in [-0.39, 0.29) is 0 Å². The summed E-state index contributed by atoms with van der Waals surface area (Å²) in [6.07, 6.45) is 0.949. The molecule has 0 rings (SSSR count). The lowest BCUT2D eigenvalue weighted by atomic mass is 11.1. The first-order chi connectivity index (χ1) is 2.77. The Morgan fingerprint density at radius 3 is 2.17 bits per heavy atom. The van der Waals surface area contributed by atoms with Gasteiger partial charge in [-0.25, -0.2) is 0 Å². The molecule has 36 valence electrons. The minimum Gasteiger partial charge on any atom is -0.450 e. The van der Waals surface area contributed by atoms with Crippen LogP contribution >= 0.6 is 0 Å². The zero-order valence-electron chi connectivity index (χ0n) is 3.16. The molecule has 0 aliphatic heterocycles. The molecule has 0 aliphatic rings. The van der Waals surface area contributed by atoms with Gasteiger partial charge in [0.2, 0.25) is 0 Å². The van der Waals surface area contributed by atoms with Gasteiger partial charge < -0.3 is 14.9 Å². The van der Waals surface area contributed by atoms with Crippen LogP contribution in [0.25, 0.3) is 0 Å². The second-order valence-electron chi connectivity index (χ2n) is 0.629. The number of hydrogen-bond acceptors (Lipinski definition) is 3. The maximum absolute atomic E-state index is 7.81. The molecule has 0 fully saturated rings. The summed E-state index contributed by atoms with van der Waals surface area (Å²) in [5, 5.41) is 15.6. The van der Waals surface area contributed by atoms with E-state index in [0.717, 1.165) is 6.26 Å². The van der Waals surface area contributed by atoms with Gasteiger partial charge in [0.25, 0.3) is 0 Å². The maximum Gasteiger partial charge on any atom is 0.310 e. The minimum absolute atomic E-state index is 0.949. The molecule has 0 heterocycles. The quantitative estimate of drug-likeness (QED) is 0.352. The molecule has 0 aromatic carbocycles. The van der Waals surface area contributed by atoms with Gasteiger partial charge in [0.15, 0.2) is 0 Å². The van der Waals surface area contributed by atoms with E-state index >= 15 is 0 Å². The number of ether oxygens (including phenoxy) is 1. The van der Waals surface area contributed by atoms with E-state index in [1.54, 1.807) is 0 Å². The van der Waals surface area contributed by atoms with Crippen molar-refractivity contribution in [1.82, 2.24) is 0 Å². The van der Waals surface area contributed by atoms with Crippen molar-refractivity contribution < 1.29 is 14.9 Å². The summed E-state index contributed by atoms with van der Waals surface area (Å²) in [4.78, 5) is 0. The van der Waals surface area contributed by atoms with Gasteiger partial charge in [0.05, 0.1) is 6.26 Å². The van der Waals surface area contributed by atoms with E-state index < -0.39 is 6.48 Å². The molecule has 0 saturated heterocycles. The van der Waals surface area contributed by atoms with E-state index in [2.05, 4.69) is 11.3 Å². The zero-order valence-corrected chi connectivity index (χ0v) is 3.16. The second kappa shape index (κ2) is 2.68. The van der Waals surface area contributed by atoms with Gasteiger partial charge in [-0.1, -0.05) is 6.58 Å². The molecule has 6 heavy (non-hydrogen) atoms. The SMILES string of the molecule is C=COC(O)O. The summed E-state index contributed by atoms with van der Waals surface area (Å²) in [6.45, 7) is 1.34. The fourth-order valence-corrected chi connectivity index (χ4v) is 0.0861. The van der Waals surface area contributed by atoms with Crippen LogP contribution in [0, 0.1) is 0 Å². The van der Waals surface area contributed by atoms with Crippen LogP contribution < -0.4 is 0 Å². The molecule has 0 aromatic heterocycles. The normalized spacial score (nSPS) is 8.50. The Labute approximate surface area is 35.5 Å². The molecule has 0 atom stereocenters. The van der Waals surface area contributed by atoms with Crippen LogP contribution in [0.5, 0.6) is 0 Å². The molecule has 0 bridgehead atoms. The zero-order chi connectivity index (χ0) is 4.99. The first kappa shape index (κ1) is 5.46. The third kappa shape index (κ3) is 3.46. The van der Waals surface area contributed by atoms with Crippen LogP contribution in [0.1, 0.15) is 0 Å². The van der Waals surface area contributed by atoms with Crippen molar-refractivity contribution in [3.8, 4) is 0 Å². The molecule has 3 nitrogen and oxygen atoms in total. The number of aliphatic hydroxyl groups is 2. The van der Waals surface area contributed by atoms with Crippen LogP contribution in [-0.4, -0.2) is 16.7 Å². The number of hydrogen-bond donors (Lipinski definition) is 2. The molecule has 2 N–H and O–H groups in total. The summed E-state index contributed by atoms with van der Waals surface area (Å²) in [5.74, 6) is 0. The van der Waals surface area contributed by atoms with E-state index in [4.69, 9.17) is 10.2 Å². The van der Waals surface area contributed by atoms with Crippen molar-refractivity contribution in [2.45, 2.75) is 6.48 Å². The molecule has 3 heteroatoms. The van der Waals surface area contributed by atoms with Crippen molar-refractivity contribution in [2.24, 2.45) is 0 Å². The van der Waals surface area contributed by atoms with Crippen molar-refractivity contribution in [3.63, 3.8) is 0 Å². The summed E-state index contributed by atoms with van der Waals surface area (Å²) < 4.78 is 3.92. The van der Waals surface area contributed by atoms with Crippen molar-refractivity contribution in [2.75, 3.05) is 0 Å². The first-order valence-electron chi connectivity index (χ1n) is 1.40. The maximum atomic E-state index is 7.81. The lowest BCUT2D eigenvalue weighted by Crippen LogP contribution is -2.03. The average molecular weight is 90.1 g/mol. The molecule has 0 aliphatic carbocycles. The van der Waals surface area contributed by atoms with E-state index in [1.165, 1.54) is 0 Å². The lowest BCUT2D eigenvalue weighted by molar-refractivity contribution is -0.203. The summed E-state index contributed by atoms with van der Waals surface area (Å²) >= 11 is 0. The Kier molecular flexibility index (Phi) is 2.44. The Hall–Kier alpha value is -0.540. The Morgan fingerprint density at radius 1 is 1.67 bits per heavy atom. The minimum atomic E-state index is -1.72. The molecule has 0 radical (unpaired) electrons. The molecule has 0 saturated carbocycles. The summed E-state index contributed by atoms with van der Waals surface area (Å²) in [5.41, 5.74) is 0. The highest BCUT2D eigenvalue weighted by molar-refractivity contribution is 4.45. The second-order valence-corrected chi connectivity index (χ2v) is 0.629. The molecule has 0 unspecified atom stereocenters. The fraction of sp³-hybridized carbons (Fsp3) is 0.333. The summed E-state index contributed by atoms with van der Waals surface area (Å²) in [6, 6.07) is 0. The van der Waals surface area contributed by atoms with Crippen molar-refractivity contribution in [3.05, 3.63) is 12.8 Å². The molecule has 0 amide bonds. The Bertz CT molecular complexity index is 41.3. The van der Waals surface area contributed by atoms with Crippen LogP contribution in [0.3, 0.4) is 0 Å². The Balaban J connectivity index is 2.81. The van der Waals surface area contributed by atoms with Gasteiger partial charge in [0.1, 0.15) is 0 Å². The largest absolute Gasteiger partial charge is 0.450 e. The van der Waals surface area contributed by atoms with Crippen LogP contribution in [0.2, 0.25) is 0 Å². The molecule has 0 aromatic rings. The smallest absolute Gasteiger partial charge is 0.310 e.